The summed E-state index contributed by atoms with van der Waals surface area (Å²) in [6, 6.07) is -0.0693. The summed E-state index contributed by atoms with van der Waals surface area (Å²) in [4.78, 5) is 18.3. The second kappa shape index (κ2) is 3.84. The number of fused-ring (bicyclic) bond motifs is 1. The number of nitrogens with zero attached hydrogens (tertiary/aromatic N) is 3. The highest BCUT2D eigenvalue weighted by molar-refractivity contribution is 5.78. The van der Waals surface area contributed by atoms with E-state index >= 15 is 0 Å². The van der Waals surface area contributed by atoms with E-state index in [-0.39, 0.29) is 18.1 Å². The molecule has 1 fully saturated rings. The van der Waals surface area contributed by atoms with Gasteiger partial charge < -0.3 is 9.30 Å². The Balaban J connectivity index is 1.78. The van der Waals surface area contributed by atoms with Gasteiger partial charge in [0.15, 0.2) is 0 Å². The number of ether oxygens (including phenoxy) is 1. The standard InChI is InChI=1S/C12H17N3O2/c1-8-5-11(12(16)17-8)15-4-3-10-9(6-15)13-7-14(10)2/h7-8,11H,3-6H2,1-2H3. The number of cyclic esters (lactones) is 1. The lowest BCUT2D eigenvalue weighted by molar-refractivity contribution is -0.145. The average Bonchev–Trinajstić information content (AvgIpc) is 2.82. The van der Waals surface area contributed by atoms with Gasteiger partial charge in [-0.2, -0.15) is 0 Å². The van der Waals surface area contributed by atoms with Crippen molar-refractivity contribution in [3.63, 3.8) is 0 Å². The molecule has 0 amide bonds. The highest BCUT2D eigenvalue weighted by Crippen LogP contribution is 2.25. The van der Waals surface area contributed by atoms with Crippen molar-refractivity contribution in [3.8, 4) is 0 Å². The maximum Gasteiger partial charge on any atom is 0.323 e. The smallest absolute Gasteiger partial charge is 0.323 e. The summed E-state index contributed by atoms with van der Waals surface area (Å²) >= 11 is 0. The van der Waals surface area contributed by atoms with Crippen LogP contribution in [0.1, 0.15) is 24.7 Å². The van der Waals surface area contributed by atoms with Crippen LogP contribution in [0.25, 0.3) is 0 Å². The van der Waals surface area contributed by atoms with Gasteiger partial charge in [0.05, 0.1) is 12.0 Å². The molecule has 5 nitrogen and oxygen atoms in total. The van der Waals surface area contributed by atoms with Crippen LogP contribution in [0.5, 0.6) is 0 Å². The van der Waals surface area contributed by atoms with E-state index < -0.39 is 0 Å². The monoisotopic (exact) mass is 235 g/mol. The minimum atomic E-state index is -0.0723. The molecular formula is C12H17N3O2. The van der Waals surface area contributed by atoms with Crippen LogP contribution in [0.4, 0.5) is 0 Å². The zero-order valence-electron chi connectivity index (χ0n) is 10.2. The van der Waals surface area contributed by atoms with Crippen molar-refractivity contribution in [1.29, 1.82) is 0 Å². The van der Waals surface area contributed by atoms with Gasteiger partial charge >= 0.3 is 5.97 Å². The van der Waals surface area contributed by atoms with Gasteiger partial charge in [-0.25, -0.2) is 4.98 Å². The fourth-order valence-electron chi connectivity index (χ4n) is 2.78. The molecule has 0 aliphatic carbocycles. The Morgan fingerprint density at radius 1 is 1.53 bits per heavy atom. The van der Waals surface area contributed by atoms with Gasteiger partial charge in [0, 0.05) is 38.7 Å². The summed E-state index contributed by atoms with van der Waals surface area (Å²) in [5.74, 6) is -0.0723. The largest absolute Gasteiger partial charge is 0.461 e. The third-order valence-electron chi connectivity index (χ3n) is 3.72. The second-order valence-electron chi connectivity index (χ2n) is 4.97. The Morgan fingerprint density at radius 2 is 2.35 bits per heavy atom. The summed E-state index contributed by atoms with van der Waals surface area (Å²) in [5.41, 5.74) is 2.40. The molecule has 2 atom stereocenters. The zero-order valence-corrected chi connectivity index (χ0v) is 10.2. The van der Waals surface area contributed by atoms with Gasteiger partial charge in [0.25, 0.3) is 0 Å². The van der Waals surface area contributed by atoms with Crippen LogP contribution in [0.15, 0.2) is 6.33 Å². The van der Waals surface area contributed by atoms with E-state index in [4.69, 9.17) is 4.74 Å². The molecule has 0 bridgehead atoms. The minimum absolute atomic E-state index is 0.0534. The third kappa shape index (κ3) is 1.74. The fourth-order valence-corrected chi connectivity index (χ4v) is 2.78. The molecule has 3 rings (SSSR count). The van der Waals surface area contributed by atoms with Crippen LogP contribution in [0, 0.1) is 0 Å². The highest BCUT2D eigenvalue weighted by atomic mass is 16.6. The van der Waals surface area contributed by atoms with Gasteiger partial charge in [-0.3, -0.25) is 9.69 Å². The first-order valence-corrected chi connectivity index (χ1v) is 6.09. The predicted octanol–water partition coefficient (Wildman–Crippen LogP) is 0.482. The SMILES string of the molecule is CC1CC(N2CCc3c(ncn3C)C2)C(=O)O1. The van der Waals surface area contributed by atoms with Crippen LogP contribution in [-0.4, -0.2) is 39.1 Å². The topological polar surface area (TPSA) is 47.4 Å². The highest BCUT2D eigenvalue weighted by Gasteiger charge is 2.38. The van der Waals surface area contributed by atoms with Crippen molar-refractivity contribution < 1.29 is 9.53 Å². The molecule has 2 aliphatic rings. The number of esters is 1. The first-order chi connectivity index (χ1) is 8.15. The number of hydrogen-bond donors (Lipinski definition) is 0. The quantitative estimate of drug-likeness (QED) is 0.664. The molecule has 0 radical (unpaired) electrons. The molecule has 2 aliphatic heterocycles. The molecule has 0 spiro atoms. The fraction of sp³-hybridized carbons (Fsp3) is 0.667. The zero-order chi connectivity index (χ0) is 12.0. The Labute approximate surface area is 100 Å². The van der Waals surface area contributed by atoms with Crippen molar-refractivity contribution in [1.82, 2.24) is 14.5 Å². The van der Waals surface area contributed by atoms with E-state index in [0.29, 0.717) is 0 Å². The lowest BCUT2D eigenvalue weighted by atomic mass is 10.1. The molecule has 5 heteroatoms. The van der Waals surface area contributed by atoms with E-state index in [9.17, 15) is 4.79 Å². The summed E-state index contributed by atoms with van der Waals surface area (Å²) in [6.07, 6.45) is 3.67. The van der Waals surface area contributed by atoms with E-state index in [1.807, 2.05) is 20.3 Å². The molecular weight excluding hydrogens is 218 g/mol. The maximum atomic E-state index is 11.7. The van der Waals surface area contributed by atoms with E-state index in [2.05, 4.69) is 14.5 Å². The summed E-state index contributed by atoms with van der Waals surface area (Å²) in [6.45, 7) is 3.63. The predicted molar refractivity (Wildman–Crippen MR) is 61.3 cm³/mol. The van der Waals surface area contributed by atoms with Gasteiger partial charge in [-0.15, -0.1) is 0 Å². The van der Waals surface area contributed by atoms with Gasteiger partial charge in [-0.1, -0.05) is 0 Å². The van der Waals surface area contributed by atoms with Gasteiger partial charge in [0.1, 0.15) is 12.1 Å². The Morgan fingerprint density at radius 3 is 3.06 bits per heavy atom. The Hall–Kier alpha value is -1.36. The molecule has 1 aromatic heterocycles. The molecule has 0 aromatic carbocycles. The number of hydrogen-bond acceptors (Lipinski definition) is 4. The lowest BCUT2D eigenvalue weighted by Crippen LogP contribution is -2.42. The molecule has 0 N–H and O–H groups in total. The minimum Gasteiger partial charge on any atom is -0.461 e. The second-order valence-corrected chi connectivity index (χ2v) is 4.97. The van der Waals surface area contributed by atoms with Crippen LogP contribution < -0.4 is 0 Å². The molecule has 1 aromatic rings. The third-order valence-corrected chi connectivity index (χ3v) is 3.72. The van der Waals surface area contributed by atoms with Crippen molar-refractivity contribution in [2.45, 2.75) is 38.5 Å². The van der Waals surface area contributed by atoms with Crippen molar-refractivity contribution in [3.05, 3.63) is 17.7 Å². The normalized spacial score (nSPS) is 29.2. The number of imidazole rings is 1. The Bertz CT molecular complexity index is 455. The van der Waals surface area contributed by atoms with Crippen LogP contribution >= 0.6 is 0 Å². The van der Waals surface area contributed by atoms with Gasteiger partial charge in [0.2, 0.25) is 0 Å². The maximum absolute atomic E-state index is 11.7. The molecule has 3 heterocycles. The van der Waals surface area contributed by atoms with Crippen LogP contribution in [0.2, 0.25) is 0 Å². The van der Waals surface area contributed by atoms with Crippen LogP contribution in [-0.2, 0) is 29.5 Å². The van der Waals surface area contributed by atoms with Crippen molar-refractivity contribution in [2.24, 2.45) is 7.05 Å². The van der Waals surface area contributed by atoms with Crippen LogP contribution in [0.3, 0.4) is 0 Å². The number of carbonyl (C=O) groups excluding carboxylic acids is 1. The van der Waals surface area contributed by atoms with Crippen molar-refractivity contribution >= 4 is 5.97 Å². The first kappa shape index (κ1) is 10.8. The van der Waals surface area contributed by atoms with Gasteiger partial charge in [-0.05, 0) is 6.92 Å². The van der Waals surface area contributed by atoms with Crippen molar-refractivity contribution in [2.75, 3.05) is 6.54 Å². The lowest BCUT2D eigenvalue weighted by Gasteiger charge is -2.29. The number of aromatic nitrogens is 2. The van der Waals surface area contributed by atoms with E-state index in [0.717, 1.165) is 31.6 Å². The number of rotatable bonds is 1. The first-order valence-electron chi connectivity index (χ1n) is 6.09. The average molecular weight is 235 g/mol. The molecule has 2 unspecified atom stereocenters. The molecule has 0 saturated carbocycles. The molecule has 1 saturated heterocycles. The summed E-state index contributed by atoms with van der Waals surface area (Å²) in [5, 5.41) is 0. The molecule has 92 valence electrons. The van der Waals surface area contributed by atoms with E-state index in [1.165, 1.54) is 5.69 Å². The number of aryl methyl sites for hydroxylation is 1. The summed E-state index contributed by atoms with van der Waals surface area (Å²) in [7, 11) is 2.02. The summed E-state index contributed by atoms with van der Waals surface area (Å²) < 4.78 is 7.29. The van der Waals surface area contributed by atoms with E-state index in [1.54, 1.807) is 0 Å². The number of carbonyl (C=O) groups is 1. The molecule has 17 heavy (non-hydrogen) atoms. The Kier molecular flexibility index (Phi) is 2.43.